The Bertz CT molecular complexity index is 542. The fourth-order valence-electron chi connectivity index (χ4n) is 3.10. The molecule has 0 spiro atoms. The maximum absolute atomic E-state index is 4.36. The van der Waals surface area contributed by atoms with Crippen LogP contribution in [0.15, 0.2) is 29.3 Å². The zero-order chi connectivity index (χ0) is 17.5. The predicted octanol–water partition coefficient (Wildman–Crippen LogP) is 1.51. The van der Waals surface area contributed by atoms with Crippen LogP contribution in [0.2, 0.25) is 0 Å². The lowest BCUT2D eigenvalue weighted by Crippen LogP contribution is -2.55. The molecule has 2 unspecified atom stereocenters. The standard InChI is InChI=1S/C19H33N5/c1-15-7-6-8-17(11-15)16(2)12-21-19(20-3)22-13-18-14-23(4)9-10-24(18)5/h6-8,11,16,18H,9-10,12-14H2,1-5H3,(H2,20,21,22). The monoisotopic (exact) mass is 331 g/mol. The number of hydrogen-bond donors (Lipinski definition) is 2. The Morgan fingerprint density at radius 2 is 2.08 bits per heavy atom. The minimum absolute atomic E-state index is 0.451. The van der Waals surface area contributed by atoms with E-state index in [2.05, 4.69) is 77.6 Å². The molecule has 5 heteroatoms. The van der Waals surface area contributed by atoms with Gasteiger partial charge in [-0.25, -0.2) is 0 Å². The van der Waals surface area contributed by atoms with Crippen molar-refractivity contribution in [3.05, 3.63) is 35.4 Å². The number of likely N-dealkylation sites (N-methyl/N-ethyl adjacent to an activating group) is 2. The third kappa shape index (κ3) is 5.49. The second-order valence-corrected chi connectivity index (χ2v) is 7.05. The number of benzene rings is 1. The van der Waals surface area contributed by atoms with Crippen LogP contribution in [0.4, 0.5) is 0 Å². The van der Waals surface area contributed by atoms with Gasteiger partial charge < -0.3 is 15.5 Å². The van der Waals surface area contributed by atoms with Crippen molar-refractivity contribution < 1.29 is 0 Å². The minimum atomic E-state index is 0.451. The molecule has 1 aliphatic rings. The highest BCUT2D eigenvalue weighted by Crippen LogP contribution is 2.15. The summed E-state index contributed by atoms with van der Waals surface area (Å²) in [6, 6.07) is 9.25. The fraction of sp³-hybridized carbons (Fsp3) is 0.632. The summed E-state index contributed by atoms with van der Waals surface area (Å²) in [5.41, 5.74) is 2.68. The Kier molecular flexibility index (Phi) is 7.06. The van der Waals surface area contributed by atoms with Gasteiger partial charge >= 0.3 is 0 Å². The summed E-state index contributed by atoms with van der Waals surface area (Å²) in [5.74, 6) is 1.34. The third-order valence-electron chi connectivity index (χ3n) is 4.90. The molecule has 1 aromatic rings. The zero-order valence-electron chi connectivity index (χ0n) is 15.8. The number of nitrogens with one attached hydrogen (secondary N) is 2. The zero-order valence-corrected chi connectivity index (χ0v) is 15.8. The molecule has 0 amide bonds. The summed E-state index contributed by atoms with van der Waals surface area (Å²) in [6.45, 7) is 9.55. The fourth-order valence-corrected chi connectivity index (χ4v) is 3.10. The van der Waals surface area contributed by atoms with Crippen LogP contribution in [0.5, 0.6) is 0 Å². The Morgan fingerprint density at radius 3 is 2.79 bits per heavy atom. The molecule has 134 valence electrons. The summed E-state index contributed by atoms with van der Waals surface area (Å²) in [6.07, 6.45) is 0. The molecule has 24 heavy (non-hydrogen) atoms. The molecule has 2 N–H and O–H groups in total. The van der Waals surface area contributed by atoms with E-state index in [0.29, 0.717) is 12.0 Å². The van der Waals surface area contributed by atoms with Gasteiger partial charge in [0.1, 0.15) is 0 Å². The highest BCUT2D eigenvalue weighted by Gasteiger charge is 2.22. The van der Waals surface area contributed by atoms with E-state index in [1.165, 1.54) is 11.1 Å². The van der Waals surface area contributed by atoms with Crippen LogP contribution >= 0.6 is 0 Å². The topological polar surface area (TPSA) is 42.9 Å². The Morgan fingerprint density at radius 1 is 1.29 bits per heavy atom. The van der Waals surface area contributed by atoms with Crippen LogP contribution in [-0.4, -0.2) is 75.7 Å². The van der Waals surface area contributed by atoms with E-state index >= 15 is 0 Å². The van der Waals surface area contributed by atoms with Gasteiger partial charge in [0.15, 0.2) is 5.96 Å². The lowest BCUT2D eigenvalue weighted by molar-refractivity contribution is 0.116. The lowest BCUT2D eigenvalue weighted by Gasteiger charge is -2.38. The van der Waals surface area contributed by atoms with Crippen LogP contribution in [0.3, 0.4) is 0 Å². The highest BCUT2D eigenvalue weighted by atomic mass is 15.3. The first-order valence-corrected chi connectivity index (χ1v) is 8.89. The van der Waals surface area contributed by atoms with E-state index in [9.17, 15) is 0 Å². The van der Waals surface area contributed by atoms with Gasteiger partial charge in [-0.05, 0) is 32.5 Å². The molecule has 1 heterocycles. The number of aliphatic imine (C=N–C) groups is 1. The van der Waals surface area contributed by atoms with E-state index in [1.807, 2.05) is 7.05 Å². The van der Waals surface area contributed by atoms with Crippen molar-refractivity contribution in [3.8, 4) is 0 Å². The van der Waals surface area contributed by atoms with Crippen molar-refractivity contribution in [2.24, 2.45) is 4.99 Å². The molecule has 0 radical (unpaired) electrons. The molecule has 0 saturated carbocycles. The second kappa shape index (κ2) is 9.04. The SMILES string of the molecule is CN=C(NCC(C)c1cccc(C)c1)NCC1CN(C)CCN1C. The summed E-state index contributed by atoms with van der Waals surface area (Å²) < 4.78 is 0. The number of piperazine rings is 1. The van der Waals surface area contributed by atoms with Gasteiger partial charge in [-0.2, -0.15) is 0 Å². The second-order valence-electron chi connectivity index (χ2n) is 7.05. The van der Waals surface area contributed by atoms with Crippen molar-refractivity contribution in [1.82, 2.24) is 20.4 Å². The molecule has 2 rings (SSSR count). The summed E-state index contributed by atoms with van der Waals surface area (Å²) in [5, 5.41) is 6.94. The predicted molar refractivity (Wildman–Crippen MR) is 103 cm³/mol. The van der Waals surface area contributed by atoms with Crippen LogP contribution in [0.25, 0.3) is 0 Å². The van der Waals surface area contributed by atoms with Crippen LogP contribution in [-0.2, 0) is 0 Å². The quantitative estimate of drug-likeness (QED) is 0.634. The normalized spacial score (nSPS) is 21.5. The number of aryl methyl sites for hydroxylation is 1. The van der Waals surface area contributed by atoms with E-state index in [1.54, 1.807) is 0 Å². The first kappa shape index (κ1) is 18.7. The first-order valence-electron chi connectivity index (χ1n) is 8.89. The third-order valence-corrected chi connectivity index (χ3v) is 4.90. The molecule has 0 aromatic heterocycles. The van der Waals surface area contributed by atoms with Crippen LogP contribution in [0, 0.1) is 6.92 Å². The van der Waals surface area contributed by atoms with Gasteiger partial charge in [0.2, 0.25) is 0 Å². The van der Waals surface area contributed by atoms with Gasteiger partial charge in [-0.1, -0.05) is 36.8 Å². The van der Waals surface area contributed by atoms with Crippen molar-refractivity contribution in [1.29, 1.82) is 0 Å². The average molecular weight is 332 g/mol. The van der Waals surface area contributed by atoms with E-state index in [-0.39, 0.29) is 0 Å². The van der Waals surface area contributed by atoms with Gasteiger partial charge in [-0.3, -0.25) is 9.89 Å². The van der Waals surface area contributed by atoms with Crippen molar-refractivity contribution in [3.63, 3.8) is 0 Å². The van der Waals surface area contributed by atoms with Gasteiger partial charge in [0.25, 0.3) is 0 Å². The maximum Gasteiger partial charge on any atom is 0.191 e. The first-order chi connectivity index (χ1) is 11.5. The average Bonchev–Trinajstić information content (AvgIpc) is 2.57. The molecule has 1 saturated heterocycles. The van der Waals surface area contributed by atoms with Gasteiger partial charge in [-0.15, -0.1) is 0 Å². The van der Waals surface area contributed by atoms with Gasteiger partial charge in [0.05, 0.1) is 0 Å². The van der Waals surface area contributed by atoms with E-state index in [4.69, 9.17) is 0 Å². The molecule has 0 aliphatic carbocycles. The maximum atomic E-state index is 4.36. The summed E-state index contributed by atoms with van der Waals surface area (Å²) in [4.78, 5) is 9.18. The molecule has 1 aliphatic heterocycles. The number of rotatable bonds is 5. The number of hydrogen-bond acceptors (Lipinski definition) is 3. The van der Waals surface area contributed by atoms with Crippen LogP contribution < -0.4 is 10.6 Å². The molecule has 1 fully saturated rings. The van der Waals surface area contributed by atoms with Crippen molar-refractivity contribution in [2.45, 2.75) is 25.8 Å². The van der Waals surface area contributed by atoms with Crippen molar-refractivity contribution >= 4 is 5.96 Å². The largest absolute Gasteiger partial charge is 0.356 e. The lowest BCUT2D eigenvalue weighted by atomic mass is 9.99. The Balaban J connectivity index is 1.80. The van der Waals surface area contributed by atoms with Crippen molar-refractivity contribution in [2.75, 3.05) is 53.9 Å². The van der Waals surface area contributed by atoms with Crippen LogP contribution in [0.1, 0.15) is 24.0 Å². The molecular weight excluding hydrogens is 298 g/mol. The molecular formula is C19H33N5. The number of nitrogens with zero attached hydrogens (tertiary/aromatic N) is 3. The molecule has 1 aromatic carbocycles. The Hall–Kier alpha value is -1.59. The minimum Gasteiger partial charge on any atom is -0.356 e. The van der Waals surface area contributed by atoms with E-state index < -0.39 is 0 Å². The smallest absolute Gasteiger partial charge is 0.191 e. The summed E-state index contributed by atoms with van der Waals surface area (Å²) in [7, 11) is 6.23. The molecule has 2 atom stereocenters. The Labute approximate surface area is 147 Å². The highest BCUT2D eigenvalue weighted by molar-refractivity contribution is 5.79. The molecule has 0 bridgehead atoms. The summed E-state index contributed by atoms with van der Waals surface area (Å²) >= 11 is 0. The molecule has 5 nitrogen and oxygen atoms in total. The number of guanidine groups is 1. The van der Waals surface area contributed by atoms with E-state index in [0.717, 1.165) is 38.7 Å². The van der Waals surface area contributed by atoms with Gasteiger partial charge in [0, 0.05) is 45.8 Å².